The summed E-state index contributed by atoms with van der Waals surface area (Å²) in [5, 5.41) is 3.43. The van der Waals surface area contributed by atoms with E-state index < -0.39 is 27.4 Å². The topological polar surface area (TPSA) is 73.0 Å². The molecule has 230 valence electrons. The first-order valence-electron chi connectivity index (χ1n) is 14.3. The first-order chi connectivity index (χ1) is 20.5. The van der Waals surface area contributed by atoms with Gasteiger partial charge >= 0.3 is 6.18 Å². The van der Waals surface area contributed by atoms with Gasteiger partial charge in [-0.3, -0.25) is 9.69 Å². The summed E-state index contributed by atoms with van der Waals surface area (Å²) in [7, 11) is -3.74. The number of likely N-dealkylation sites (tertiary alicyclic amines) is 1. The summed E-state index contributed by atoms with van der Waals surface area (Å²) >= 11 is 0. The van der Waals surface area contributed by atoms with Crippen LogP contribution in [0.4, 0.5) is 28.9 Å². The summed E-state index contributed by atoms with van der Waals surface area (Å²) in [5.41, 5.74) is 0.906. The van der Waals surface area contributed by atoms with Crippen molar-refractivity contribution in [3.8, 4) is 0 Å². The molecule has 0 spiro atoms. The molecule has 3 aromatic rings. The highest BCUT2D eigenvalue weighted by Crippen LogP contribution is 2.31. The fourth-order valence-electron chi connectivity index (χ4n) is 5.49. The van der Waals surface area contributed by atoms with Crippen LogP contribution in [-0.4, -0.2) is 76.0 Å². The molecule has 1 N–H and O–H groups in total. The van der Waals surface area contributed by atoms with Gasteiger partial charge in [0.15, 0.2) is 0 Å². The number of carbonyl (C=O) groups excluding carboxylic acids is 1. The van der Waals surface area contributed by atoms with Crippen LogP contribution in [0.3, 0.4) is 0 Å². The van der Waals surface area contributed by atoms with Gasteiger partial charge in [-0.15, -0.1) is 0 Å². The third-order valence-electron chi connectivity index (χ3n) is 8.08. The number of carbonyl (C=O) groups is 1. The SMILES string of the molecule is O=C(CCN1CCN(c2ccc(C(F)(F)F)cc2)CC1)N1CCC(Nc2ccc(S(=O)(=O)c3ccc(F)cc3)cc2)CC1. The molecule has 0 atom stereocenters. The molecule has 0 aliphatic carbocycles. The lowest BCUT2D eigenvalue weighted by molar-refractivity contribution is -0.137. The fourth-order valence-corrected chi connectivity index (χ4v) is 6.75. The van der Waals surface area contributed by atoms with Crippen molar-refractivity contribution in [1.29, 1.82) is 0 Å². The maximum atomic E-state index is 13.2. The van der Waals surface area contributed by atoms with E-state index in [4.69, 9.17) is 0 Å². The Hall–Kier alpha value is -3.64. The molecule has 0 aromatic heterocycles. The molecule has 2 aliphatic rings. The number of alkyl halides is 3. The molecule has 3 aromatic carbocycles. The highest BCUT2D eigenvalue weighted by molar-refractivity contribution is 7.91. The Bertz CT molecular complexity index is 1480. The highest BCUT2D eigenvalue weighted by atomic mass is 32.2. The molecular weight excluding hydrogens is 584 g/mol. The van der Waals surface area contributed by atoms with Gasteiger partial charge in [0.05, 0.1) is 15.4 Å². The van der Waals surface area contributed by atoms with Gasteiger partial charge in [0, 0.05) is 69.7 Å². The molecule has 2 aliphatic heterocycles. The number of hydrogen-bond acceptors (Lipinski definition) is 6. The summed E-state index contributed by atoms with van der Waals surface area (Å²) in [4.78, 5) is 19.2. The van der Waals surface area contributed by atoms with E-state index >= 15 is 0 Å². The van der Waals surface area contributed by atoms with Gasteiger partial charge < -0.3 is 15.1 Å². The van der Waals surface area contributed by atoms with E-state index in [1.54, 1.807) is 12.1 Å². The summed E-state index contributed by atoms with van der Waals surface area (Å²) in [6.45, 7) is 4.77. The molecule has 1 amide bonds. The fraction of sp³-hybridized carbons (Fsp3) is 0.387. The predicted molar refractivity (Wildman–Crippen MR) is 156 cm³/mol. The van der Waals surface area contributed by atoms with E-state index in [1.807, 2.05) is 4.90 Å². The number of nitrogens with zero attached hydrogens (tertiary/aromatic N) is 3. The number of halogens is 4. The summed E-state index contributed by atoms with van der Waals surface area (Å²) < 4.78 is 77.2. The third-order valence-corrected chi connectivity index (χ3v) is 9.87. The first-order valence-corrected chi connectivity index (χ1v) is 15.8. The number of benzene rings is 3. The van der Waals surface area contributed by atoms with Crippen molar-refractivity contribution in [3.05, 3.63) is 84.2 Å². The molecule has 7 nitrogen and oxygen atoms in total. The van der Waals surface area contributed by atoms with Crippen molar-refractivity contribution in [3.63, 3.8) is 0 Å². The number of rotatable bonds is 8. The second-order valence-electron chi connectivity index (χ2n) is 10.9. The van der Waals surface area contributed by atoms with Gasteiger partial charge in [0.25, 0.3) is 0 Å². The minimum Gasteiger partial charge on any atom is -0.382 e. The minimum absolute atomic E-state index is 0.0343. The second-order valence-corrected chi connectivity index (χ2v) is 12.9. The molecule has 0 bridgehead atoms. The lowest BCUT2D eigenvalue weighted by atomic mass is 10.0. The summed E-state index contributed by atoms with van der Waals surface area (Å²) in [6, 6.07) is 16.6. The van der Waals surface area contributed by atoms with Crippen LogP contribution in [0.1, 0.15) is 24.8 Å². The average molecular weight is 619 g/mol. The quantitative estimate of drug-likeness (QED) is 0.273. The van der Waals surface area contributed by atoms with Gasteiger partial charge in [-0.2, -0.15) is 13.2 Å². The standard InChI is InChI=1S/C31H34F4N4O3S/c32-24-3-9-28(10-4-24)43(41,42)29-11-5-25(6-12-29)36-26-13-17-39(18-14-26)30(40)15-16-37-19-21-38(22-20-37)27-7-1-23(2-8-27)31(33,34)35/h1-12,26,36H,13-22H2. The van der Waals surface area contributed by atoms with E-state index in [2.05, 4.69) is 15.1 Å². The average Bonchev–Trinajstić information content (AvgIpc) is 3.01. The summed E-state index contributed by atoms with van der Waals surface area (Å²) in [6.07, 6.45) is -2.38. The summed E-state index contributed by atoms with van der Waals surface area (Å²) in [5.74, 6) is -0.388. The Morgan fingerprint density at radius 3 is 1.91 bits per heavy atom. The van der Waals surface area contributed by atoms with E-state index in [-0.39, 0.29) is 21.7 Å². The second kappa shape index (κ2) is 12.9. The predicted octanol–water partition coefficient (Wildman–Crippen LogP) is 5.29. The van der Waals surface area contributed by atoms with Gasteiger partial charge in [-0.1, -0.05) is 0 Å². The van der Waals surface area contributed by atoms with Crippen LogP contribution in [-0.2, 0) is 20.8 Å². The van der Waals surface area contributed by atoms with Crippen molar-refractivity contribution in [2.75, 3.05) is 56.0 Å². The maximum Gasteiger partial charge on any atom is 0.416 e. The van der Waals surface area contributed by atoms with E-state index in [1.165, 1.54) is 36.4 Å². The monoisotopic (exact) mass is 618 g/mol. The van der Waals surface area contributed by atoms with E-state index in [9.17, 15) is 30.8 Å². The maximum absolute atomic E-state index is 13.2. The van der Waals surface area contributed by atoms with Crippen LogP contribution in [0.25, 0.3) is 0 Å². The zero-order chi connectivity index (χ0) is 30.6. The number of piperidine rings is 1. The largest absolute Gasteiger partial charge is 0.416 e. The lowest BCUT2D eigenvalue weighted by Crippen LogP contribution is -2.48. The number of amides is 1. The van der Waals surface area contributed by atoms with Crippen molar-refractivity contribution in [2.45, 2.75) is 41.3 Å². The van der Waals surface area contributed by atoms with E-state index in [0.717, 1.165) is 61.6 Å². The molecule has 0 unspecified atom stereocenters. The number of anilines is 2. The Kier molecular flexibility index (Phi) is 9.26. The molecule has 0 saturated carbocycles. The van der Waals surface area contributed by atoms with Crippen LogP contribution >= 0.6 is 0 Å². The number of hydrogen-bond donors (Lipinski definition) is 1. The molecule has 2 saturated heterocycles. The van der Waals surface area contributed by atoms with Crippen LogP contribution in [0.5, 0.6) is 0 Å². The number of nitrogens with one attached hydrogen (secondary N) is 1. The zero-order valence-corrected chi connectivity index (χ0v) is 24.4. The number of sulfone groups is 1. The Labute approximate surface area is 249 Å². The van der Waals surface area contributed by atoms with E-state index in [0.29, 0.717) is 39.1 Å². The molecular formula is C31H34F4N4O3S. The molecule has 2 fully saturated rings. The molecule has 2 heterocycles. The van der Waals surface area contributed by atoms with Crippen LogP contribution < -0.4 is 10.2 Å². The minimum atomic E-state index is -4.34. The van der Waals surface area contributed by atoms with Crippen molar-refractivity contribution in [2.24, 2.45) is 0 Å². The lowest BCUT2D eigenvalue weighted by Gasteiger charge is -2.37. The normalized spacial score (nSPS) is 17.2. The van der Waals surface area contributed by atoms with Crippen LogP contribution in [0.15, 0.2) is 82.6 Å². The third kappa shape index (κ3) is 7.66. The molecule has 12 heteroatoms. The van der Waals surface area contributed by atoms with Gasteiger partial charge in [0.1, 0.15) is 5.82 Å². The Morgan fingerprint density at radius 1 is 0.791 bits per heavy atom. The van der Waals surface area contributed by atoms with Crippen LogP contribution in [0, 0.1) is 5.82 Å². The van der Waals surface area contributed by atoms with Crippen molar-refractivity contribution in [1.82, 2.24) is 9.80 Å². The Balaban J connectivity index is 1.02. The van der Waals surface area contributed by atoms with Gasteiger partial charge in [0.2, 0.25) is 15.7 Å². The number of piperazine rings is 1. The van der Waals surface area contributed by atoms with Gasteiger partial charge in [-0.25, -0.2) is 12.8 Å². The van der Waals surface area contributed by atoms with Gasteiger partial charge in [-0.05, 0) is 85.6 Å². The molecule has 43 heavy (non-hydrogen) atoms. The molecule has 5 rings (SSSR count). The molecule has 0 radical (unpaired) electrons. The Morgan fingerprint density at radius 2 is 1.35 bits per heavy atom. The first kappa shape index (κ1) is 30.8. The van der Waals surface area contributed by atoms with Crippen molar-refractivity contribution >= 4 is 27.1 Å². The van der Waals surface area contributed by atoms with Crippen molar-refractivity contribution < 1.29 is 30.8 Å². The zero-order valence-electron chi connectivity index (χ0n) is 23.6. The highest BCUT2D eigenvalue weighted by Gasteiger charge is 2.30. The smallest absolute Gasteiger partial charge is 0.382 e. The van der Waals surface area contributed by atoms with Crippen LogP contribution in [0.2, 0.25) is 0 Å².